The lowest BCUT2D eigenvalue weighted by Crippen LogP contribution is -2.27. The predicted octanol–water partition coefficient (Wildman–Crippen LogP) is 4.35. The summed E-state index contributed by atoms with van der Waals surface area (Å²) in [6.07, 6.45) is 0. The molecule has 0 heterocycles. The summed E-state index contributed by atoms with van der Waals surface area (Å²) in [7, 11) is 0. The van der Waals surface area contributed by atoms with E-state index in [1.54, 1.807) is 45.0 Å². The summed E-state index contributed by atoms with van der Waals surface area (Å²) in [5, 5.41) is 8.85. The summed E-state index contributed by atoms with van der Waals surface area (Å²) >= 11 is 1.49. The normalized spacial score (nSPS) is 10.7. The molecule has 27 heavy (non-hydrogen) atoms. The Bertz CT molecular complexity index is 848. The number of benzene rings is 2. The summed E-state index contributed by atoms with van der Waals surface area (Å²) in [6, 6.07) is 16.5. The highest BCUT2D eigenvalue weighted by atomic mass is 32.2. The van der Waals surface area contributed by atoms with Crippen LogP contribution in [0.15, 0.2) is 53.4 Å². The number of rotatable bonds is 6. The van der Waals surface area contributed by atoms with Crippen LogP contribution in [0.5, 0.6) is 0 Å². The molecule has 0 atom stereocenters. The van der Waals surface area contributed by atoms with Crippen LogP contribution in [0.3, 0.4) is 0 Å². The van der Waals surface area contributed by atoms with Crippen LogP contribution in [0.4, 0.5) is 0 Å². The molecule has 6 heteroatoms. The lowest BCUT2D eigenvalue weighted by Gasteiger charge is -2.19. The van der Waals surface area contributed by atoms with Gasteiger partial charge in [0.05, 0.1) is 17.2 Å². The Balaban J connectivity index is 1.98. The summed E-state index contributed by atoms with van der Waals surface area (Å²) in [6.45, 7) is 4.83. The van der Waals surface area contributed by atoms with Crippen molar-refractivity contribution >= 4 is 23.7 Å². The van der Waals surface area contributed by atoms with Gasteiger partial charge in [-0.2, -0.15) is 5.26 Å². The van der Waals surface area contributed by atoms with Crippen molar-refractivity contribution in [2.75, 3.05) is 6.61 Å². The molecule has 2 aromatic rings. The highest BCUT2D eigenvalue weighted by Gasteiger charge is 2.19. The predicted molar refractivity (Wildman–Crippen MR) is 103 cm³/mol. The smallest absolute Gasteiger partial charge is 0.344 e. The fourth-order valence-electron chi connectivity index (χ4n) is 2.17. The molecule has 0 aliphatic carbocycles. The van der Waals surface area contributed by atoms with Crippen molar-refractivity contribution in [2.24, 2.45) is 0 Å². The van der Waals surface area contributed by atoms with E-state index in [-0.39, 0.29) is 0 Å². The maximum Gasteiger partial charge on any atom is 0.344 e. The van der Waals surface area contributed by atoms with Crippen molar-refractivity contribution in [3.8, 4) is 6.07 Å². The van der Waals surface area contributed by atoms with E-state index in [0.717, 1.165) is 10.5 Å². The Labute approximate surface area is 163 Å². The van der Waals surface area contributed by atoms with Crippen molar-refractivity contribution in [2.45, 2.75) is 37.0 Å². The van der Waals surface area contributed by atoms with E-state index in [2.05, 4.69) is 6.07 Å². The van der Waals surface area contributed by atoms with Crippen molar-refractivity contribution in [3.63, 3.8) is 0 Å². The minimum absolute atomic E-state index is 0.403. The standard InChI is InChI=1S/C21H21NO4S/c1-21(2,3)26-19(23)13-25-20(24)17-6-4-5-7-18(17)27-14-16-10-8-15(12-22)9-11-16/h4-11H,13-14H2,1-3H3. The number of carbonyl (C=O) groups excluding carboxylic acids is 2. The van der Waals surface area contributed by atoms with Crippen LogP contribution in [0.2, 0.25) is 0 Å². The Kier molecular flexibility index (Phi) is 7.03. The minimum atomic E-state index is -0.627. The highest BCUT2D eigenvalue weighted by Crippen LogP contribution is 2.27. The topological polar surface area (TPSA) is 76.4 Å². The maximum absolute atomic E-state index is 12.4. The van der Waals surface area contributed by atoms with Gasteiger partial charge in [-0.1, -0.05) is 24.3 Å². The van der Waals surface area contributed by atoms with Gasteiger partial charge in [0.15, 0.2) is 6.61 Å². The molecule has 2 rings (SSSR count). The van der Waals surface area contributed by atoms with Crippen molar-refractivity contribution in [1.29, 1.82) is 5.26 Å². The molecule has 0 radical (unpaired) electrons. The van der Waals surface area contributed by atoms with Gasteiger partial charge < -0.3 is 9.47 Å². The zero-order chi connectivity index (χ0) is 19.9. The molecule has 0 bridgehead atoms. The van der Waals surface area contributed by atoms with E-state index in [1.165, 1.54) is 11.8 Å². The number of carbonyl (C=O) groups is 2. The Morgan fingerprint density at radius 1 is 1.07 bits per heavy atom. The van der Waals surface area contributed by atoms with E-state index in [0.29, 0.717) is 16.9 Å². The second-order valence-electron chi connectivity index (χ2n) is 6.76. The Morgan fingerprint density at radius 3 is 2.37 bits per heavy atom. The molecule has 0 spiro atoms. The van der Waals surface area contributed by atoms with Gasteiger partial charge in [0.2, 0.25) is 0 Å². The van der Waals surface area contributed by atoms with E-state index in [9.17, 15) is 9.59 Å². The zero-order valence-corrected chi connectivity index (χ0v) is 16.3. The molecule has 0 aliphatic rings. The van der Waals surface area contributed by atoms with E-state index >= 15 is 0 Å². The summed E-state index contributed by atoms with van der Waals surface area (Å²) < 4.78 is 10.2. The third kappa shape index (κ3) is 6.80. The van der Waals surface area contributed by atoms with Crippen LogP contribution < -0.4 is 0 Å². The average Bonchev–Trinajstić information content (AvgIpc) is 2.63. The summed E-state index contributed by atoms with van der Waals surface area (Å²) in [5.41, 5.74) is 1.42. The number of thioether (sulfide) groups is 1. The van der Waals surface area contributed by atoms with Gasteiger partial charge in [0.25, 0.3) is 0 Å². The van der Waals surface area contributed by atoms with Crippen LogP contribution in [0.25, 0.3) is 0 Å². The van der Waals surface area contributed by atoms with Crippen LogP contribution in [-0.2, 0) is 20.0 Å². The fraction of sp³-hybridized carbons (Fsp3) is 0.286. The molecule has 140 valence electrons. The van der Waals surface area contributed by atoms with Gasteiger partial charge in [0, 0.05) is 10.6 Å². The molecule has 0 amide bonds. The quantitative estimate of drug-likeness (QED) is 0.545. The SMILES string of the molecule is CC(C)(C)OC(=O)COC(=O)c1ccccc1SCc1ccc(C#N)cc1. The van der Waals surface area contributed by atoms with Gasteiger partial charge in [0.1, 0.15) is 5.60 Å². The van der Waals surface area contributed by atoms with Gasteiger partial charge in [-0.25, -0.2) is 9.59 Å². The van der Waals surface area contributed by atoms with Gasteiger partial charge in [-0.15, -0.1) is 11.8 Å². The van der Waals surface area contributed by atoms with Gasteiger partial charge >= 0.3 is 11.9 Å². The largest absolute Gasteiger partial charge is 0.457 e. The van der Waals surface area contributed by atoms with E-state index < -0.39 is 24.1 Å². The maximum atomic E-state index is 12.4. The molecule has 0 fully saturated rings. The molecular formula is C21H21NO4S. The first-order chi connectivity index (χ1) is 12.8. The lowest BCUT2D eigenvalue weighted by atomic mass is 10.2. The number of hydrogen-bond acceptors (Lipinski definition) is 6. The number of ether oxygens (including phenoxy) is 2. The van der Waals surface area contributed by atoms with Crippen molar-refractivity contribution in [3.05, 3.63) is 65.2 Å². The first-order valence-electron chi connectivity index (χ1n) is 8.38. The lowest BCUT2D eigenvalue weighted by molar-refractivity contribution is -0.158. The number of nitriles is 1. The zero-order valence-electron chi connectivity index (χ0n) is 15.5. The van der Waals surface area contributed by atoms with E-state index in [4.69, 9.17) is 14.7 Å². The van der Waals surface area contributed by atoms with Crippen LogP contribution >= 0.6 is 11.8 Å². The molecule has 5 nitrogen and oxygen atoms in total. The van der Waals surface area contributed by atoms with Gasteiger partial charge in [-0.3, -0.25) is 0 Å². The Hall–Kier alpha value is -2.78. The first-order valence-corrected chi connectivity index (χ1v) is 9.37. The molecule has 0 unspecified atom stereocenters. The fourth-order valence-corrected chi connectivity index (χ4v) is 3.17. The summed E-state index contributed by atoms with van der Waals surface area (Å²) in [4.78, 5) is 24.8. The third-order valence-corrected chi connectivity index (χ3v) is 4.47. The molecule has 0 aliphatic heterocycles. The molecule has 0 N–H and O–H groups in total. The first kappa shape index (κ1) is 20.5. The van der Waals surface area contributed by atoms with E-state index in [1.807, 2.05) is 24.3 Å². The average molecular weight is 383 g/mol. The molecule has 0 saturated carbocycles. The molecule has 0 aromatic heterocycles. The minimum Gasteiger partial charge on any atom is -0.457 e. The third-order valence-electron chi connectivity index (χ3n) is 3.33. The van der Waals surface area contributed by atoms with Crippen LogP contribution in [-0.4, -0.2) is 24.1 Å². The molecule has 0 saturated heterocycles. The number of hydrogen-bond donors (Lipinski definition) is 0. The van der Waals surface area contributed by atoms with Crippen molar-refractivity contribution in [1.82, 2.24) is 0 Å². The second-order valence-corrected chi connectivity index (χ2v) is 7.77. The number of nitrogens with zero attached hydrogens (tertiary/aromatic N) is 1. The van der Waals surface area contributed by atoms with Crippen molar-refractivity contribution < 1.29 is 19.1 Å². The second kappa shape index (κ2) is 9.24. The van der Waals surface area contributed by atoms with Crippen LogP contribution in [0.1, 0.15) is 42.3 Å². The monoisotopic (exact) mass is 383 g/mol. The molecule has 2 aromatic carbocycles. The number of esters is 2. The van der Waals surface area contributed by atoms with Gasteiger partial charge in [-0.05, 0) is 50.6 Å². The Morgan fingerprint density at radius 2 is 1.74 bits per heavy atom. The highest BCUT2D eigenvalue weighted by molar-refractivity contribution is 7.98. The molecular weight excluding hydrogens is 362 g/mol. The summed E-state index contributed by atoms with van der Waals surface area (Å²) in [5.74, 6) is -0.510. The van der Waals surface area contributed by atoms with Crippen LogP contribution in [0, 0.1) is 11.3 Å².